The van der Waals surface area contributed by atoms with Gasteiger partial charge in [0.15, 0.2) is 0 Å². The number of hydrogen-bond donors (Lipinski definition) is 3. The molecule has 3 atom stereocenters. The smallest absolute Gasteiger partial charge is 0.269 e. The molecule has 1 aliphatic carbocycles. The van der Waals surface area contributed by atoms with Gasteiger partial charge in [0.25, 0.3) is 11.8 Å². The van der Waals surface area contributed by atoms with Gasteiger partial charge in [0, 0.05) is 43.9 Å². The van der Waals surface area contributed by atoms with Crippen LogP contribution in [0.2, 0.25) is 0 Å². The summed E-state index contributed by atoms with van der Waals surface area (Å²) >= 11 is 0. The lowest BCUT2D eigenvalue weighted by Gasteiger charge is -2.11. The zero-order valence-electron chi connectivity index (χ0n) is 15.1. The Kier molecular flexibility index (Phi) is 5.77. The molecule has 3 N–H and O–H groups in total. The second-order valence-electron chi connectivity index (χ2n) is 6.96. The van der Waals surface area contributed by atoms with Crippen LogP contribution in [0.5, 0.6) is 0 Å². The van der Waals surface area contributed by atoms with E-state index in [2.05, 4.69) is 20.9 Å². The van der Waals surface area contributed by atoms with Crippen molar-refractivity contribution in [2.24, 2.45) is 11.8 Å². The molecule has 1 saturated carbocycles. The number of aromatic nitrogens is 1. The lowest BCUT2D eigenvalue weighted by Crippen LogP contribution is -2.33. The summed E-state index contributed by atoms with van der Waals surface area (Å²) in [4.78, 5) is 29.2. The number of rotatable bonds is 5. The van der Waals surface area contributed by atoms with Crippen LogP contribution in [-0.2, 0) is 6.42 Å². The summed E-state index contributed by atoms with van der Waals surface area (Å²) < 4.78 is 0. The molecule has 2 heterocycles. The molecule has 0 bridgehead atoms. The van der Waals surface area contributed by atoms with Crippen molar-refractivity contribution in [1.82, 2.24) is 20.9 Å². The quantitative estimate of drug-likeness (QED) is 0.725. The van der Waals surface area contributed by atoms with Gasteiger partial charge in [0.05, 0.1) is 0 Å². The first-order chi connectivity index (χ1) is 12.7. The summed E-state index contributed by atoms with van der Waals surface area (Å²) in [6.45, 7) is 1.93. The molecule has 4 rings (SSSR count). The van der Waals surface area contributed by atoms with Gasteiger partial charge in [-0.25, -0.2) is 4.98 Å². The van der Waals surface area contributed by atoms with Crippen LogP contribution in [0.1, 0.15) is 32.1 Å². The average molecular weight is 387 g/mol. The van der Waals surface area contributed by atoms with E-state index < -0.39 is 0 Å². The summed E-state index contributed by atoms with van der Waals surface area (Å²) in [6, 6.07) is 13.5. The second kappa shape index (κ2) is 8.06. The fraction of sp³-hybridized carbons (Fsp3) is 0.350. The fourth-order valence-electron chi connectivity index (χ4n) is 3.73. The van der Waals surface area contributed by atoms with E-state index in [1.807, 2.05) is 30.3 Å². The van der Waals surface area contributed by atoms with E-state index in [-0.39, 0.29) is 36.0 Å². The van der Waals surface area contributed by atoms with Gasteiger partial charge >= 0.3 is 0 Å². The molecule has 0 spiro atoms. The summed E-state index contributed by atoms with van der Waals surface area (Å²) in [6.07, 6.45) is 0.574. The Morgan fingerprint density at radius 2 is 1.81 bits per heavy atom. The standard InChI is InChI=1S/C20H22N4O2.ClH/c1-21-20(26)17-9-13(19(25)24-18-15-10-22-11-16(15)18)8-14(23-17)7-12-5-3-2-4-6-12;/h2-6,8-9,15-16,18,22H,7,10-11H2,1H3,(H,21,26)(H,24,25);1H/t15-,16+,18+;. The zero-order chi connectivity index (χ0) is 18.1. The third-order valence-electron chi connectivity index (χ3n) is 5.22. The van der Waals surface area contributed by atoms with Crippen molar-refractivity contribution in [3.8, 4) is 0 Å². The van der Waals surface area contributed by atoms with E-state index in [0.717, 1.165) is 18.7 Å². The largest absolute Gasteiger partial charge is 0.354 e. The molecule has 0 radical (unpaired) electrons. The maximum Gasteiger partial charge on any atom is 0.269 e. The van der Waals surface area contributed by atoms with Gasteiger partial charge in [-0.1, -0.05) is 30.3 Å². The Morgan fingerprint density at radius 3 is 2.48 bits per heavy atom. The minimum atomic E-state index is -0.290. The molecule has 1 aliphatic heterocycles. The number of nitrogens with one attached hydrogen (secondary N) is 3. The molecule has 1 aromatic carbocycles. The second-order valence-corrected chi connectivity index (χ2v) is 6.96. The first-order valence-corrected chi connectivity index (χ1v) is 8.94. The Labute approximate surface area is 164 Å². The van der Waals surface area contributed by atoms with Crippen molar-refractivity contribution >= 4 is 24.2 Å². The number of nitrogens with zero attached hydrogens (tertiary/aromatic N) is 1. The van der Waals surface area contributed by atoms with Crippen LogP contribution in [0.3, 0.4) is 0 Å². The third-order valence-corrected chi connectivity index (χ3v) is 5.22. The predicted molar refractivity (Wildman–Crippen MR) is 105 cm³/mol. The number of piperidine rings is 1. The van der Waals surface area contributed by atoms with Crippen LogP contribution in [0.25, 0.3) is 0 Å². The van der Waals surface area contributed by atoms with E-state index >= 15 is 0 Å². The van der Waals surface area contributed by atoms with Crippen molar-refractivity contribution in [3.05, 3.63) is 65.0 Å². The summed E-state index contributed by atoms with van der Waals surface area (Å²) in [5.41, 5.74) is 2.55. The predicted octanol–water partition coefficient (Wildman–Crippen LogP) is 1.40. The topological polar surface area (TPSA) is 83.1 Å². The summed E-state index contributed by atoms with van der Waals surface area (Å²) in [5.74, 6) is 0.665. The first-order valence-electron chi connectivity index (χ1n) is 8.94. The fourth-order valence-corrected chi connectivity index (χ4v) is 3.73. The molecule has 2 fully saturated rings. The molecule has 2 aromatic rings. The van der Waals surface area contributed by atoms with Gasteiger partial charge in [0.1, 0.15) is 5.69 Å². The SMILES string of the molecule is CNC(=O)c1cc(C(=O)N[C@H]2[C@@H]3CNC[C@@H]32)cc(Cc2ccccc2)n1.Cl. The molecule has 142 valence electrons. The molecular formula is C20H23ClN4O2. The highest BCUT2D eigenvalue weighted by Gasteiger charge is 2.53. The van der Waals surface area contributed by atoms with Gasteiger partial charge in [-0.05, 0) is 29.5 Å². The van der Waals surface area contributed by atoms with Gasteiger partial charge in [-0.3, -0.25) is 9.59 Å². The van der Waals surface area contributed by atoms with Crippen molar-refractivity contribution in [1.29, 1.82) is 0 Å². The van der Waals surface area contributed by atoms with Crippen molar-refractivity contribution < 1.29 is 9.59 Å². The first kappa shape index (κ1) is 19.3. The summed E-state index contributed by atoms with van der Waals surface area (Å²) in [7, 11) is 1.56. The van der Waals surface area contributed by atoms with Gasteiger partial charge in [-0.2, -0.15) is 0 Å². The number of amides is 2. The average Bonchev–Trinajstić information content (AvgIpc) is 3.08. The molecular weight excluding hydrogens is 364 g/mol. The van der Waals surface area contributed by atoms with E-state index in [1.54, 1.807) is 19.2 Å². The molecule has 2 aliphatic rings. The Hall–Kier alpha value is -2.44. The van der Waals surface area contributed by atoms with Crippen LogP contribution in [0.4, 0.5) is 0 Å². The highest BCUT2D eigenvalue weighted by atomic mass is 35.5. The Bertz CT molecular complexity index is 833. The zero-order valence-corrected chi connectivity index (χ0v) is 15.9. The molecule has 1 aromatic heterocycles. The number of carbonyl (C=O) groups excluding carboxylic acids is 2. The number of carbonyl (C=O) groups is 2. The minimum Gasteiger partial charge on any atom is -0.354 e. The highest BCUT2D eigenvalue weighted by molar-refractivity contribution is 5.98. The van der Waals surface area contributed by atoms with Crippen LogP contribution in [0.15, 0.2) is 42.5 Å². The van der Waals surface area contributed by atoms with Crippen LogP contribution in [-0.4, -0.2) is 43.0 Å². The lowest BCUT2D eigenvalue weighted by molar-refractivity contribution is 0.0946. The van der Waals surface area contributed by atoms with Gasteiger partial charge in [-0.15, -0.1) is 12.4 Å². The van der Waals surface area contributed by atoms with Gasteiger partial charge < -0.3 is 16.0 Å². The highest BCUT2D eigenvalue weighted by Crippen LogP contribution is 2.41. The monoisotopic (exact) mass is 386 g/mol. The van der Waals surface area contributed by atoms with Crippen LogP contribution in [0, 0.1) is 11.8 Å². The Morgan fingerprint density at radius 1 is 1.11 bits per heavy atom. The third kappa shape index (κ3) is 4.12. The van der Waals surface area contributed by atoms with E-state index in [4.69, 9.17) is 0 Å². The maximum absolute atomic E-state index is 12.7. The number of fused-ring (bicyclic) bond motifs is 1. The molecule has 0 unspecified atom stereocenters. The normalized spacial score (nSPS) is 22.3. The number of pyridine rings is 1. The van der Waals surface area contributed by atoms with Crippen molar-refractivity contribution in [3.63, 3.8) is 0 Å². The summed E-state index contributed by atoms with van der Waals surface area (Å²) in [5, 5.41) is 9.01. The number of hydrogen-bond acceptors (Lipinski definition) is 4. The lowest BCUT2D eigenvalue weighted by atomic mass is 10.1. The van der Waals surface area contributed by atoms with Crippen LogP contribution >= 0.6 is 12.4 Å². The van der Waals surface area contributed by atoms with Gasteiger partial charge in [0.2, 0.25) is 0 Å². The minimum absolute atomic E-state index is 0. The number of benzene rings is 1. The molecule has 27 heavy (non-hydrogen) atoms. The molecule has 2 amide bonds. The number of halogens is 1. The molecule has 6 nitrogen and oxygen atoms in total. The molecule has 1 saturated heterocycles. The van der Waals surface area contributed by atoms with E-state index in [0.29, 0.717) is 29.5 Å². The maximum atomic E-state index is 12.7. The molecule has 7 heteroatoms. The van der Waals surface area contributed by atoms with Crippen molar-refractivity contribution in [2.75, 3.05) is 20.1 Å². The van der Waals surface area contributed by atoms with E-state index in [9.17, 15) is 9.59 Å². The Balaban J connectivity index is 0.00000210. The van der Waals surface area contributed by atoms with E-state index in [1.165, 1.54) is 0 Å². The van der Waals surface area contributed by atoms with Crippen molar-refractivity contribution in [2.45, 2.75) is 12.5 Å². The van der Waals surface area contributed by atoms with Crippen LogP contribution < -0.4 is 16.0 Å².